The average Bonchev–Trinajstić information content (AvgIpc) is 2.96. The fourth-order valence-corrected chi connectivity index (χ4v) is 5.80. The molecular weight excluding hydrogens is 554 g/mol. The summed E-state index contributed by atoms with van der Waals surface area (Å²) in [4.78, 5) is 31.1. The minimum Gasteiger partial charge on any atom is -0.368 e. The fourth-order valence-electron chi connectivity index (χ4n) is 5.42. The molecule has 3 aromatic carbocycles. The predicted octanol–water partition coefficient (Wildman–Crippen LogP) is 6.48. The highest BCUT2D eigenvalue weighted by Crippen LogP contribution is 2.28. The Balaban J connectivity index is 1.30. The number of carbonyl (C=O) groups is 2. The van der Waals surface area contributed by atoms with Gasteiger partial charge in [0.25, 0.3) is 5.91 Å². The van der Waals surface area contributed by atoms with Crippen LogP contribution in [0, 0.1) is 0 Å². The molecule has 0 aromatic heterocycles. The first-order valence-electron chi connectivity index (χ1n) is 13.8. The van der Waals surface area contributed by atoms with Crippen LogP contribution < -0.4 is 20.9 Å². The number of amides is 3. The van der Waals surface area contributed by atoms with Gasteiger partial charge in [0, 0.05) is 54.6 Å². The van der Waals surface area contributed by atoms with E-state index in [1.54, 1.807) is 0 Å². The molecule has 3 N–H and O–H groups in total. The van der Waals surface area contributed by atoms with Gasteiger partial charge in [0.1, 0.15) is 0 Å². The summed E-state index contributed by atoms with van der Waals surface area (Å²) in [5.74, 6) is -0.0709. The van der Waals surface area contributed by atoms with E-state index in [9.17, 15) is 9.59 Å². The highest BCUT2D eigenvalue weighted by atomic mass is 79.9. The van der Waals surface area contributed by atoms with Crippen LogP contribution in [0.2, 0.25) is 0 Å². The SMILES string of the molecule is O=C(Nc1ccc(N2CCN(Cc3ccccc3)CC2)c(C(=O)NC2CCCCC2)c1)Nc1ccccc1Br. The molecule has 0 spiro atoms. The lowest BCUT2D eigenvalue weighted by atomic mass is 9.95. The lowest BCUT2D eigenvalue weighted by Gasteiger charge is -2.37. The first-order valence-corrected chi connectivity index (χ1v) is 14.6. The molecule has 5 rings (SSSR count). The largest absolute Gasteiger partial charge is 0.368 e. The van der Waals surface area contributed by atoms with Crippen LogP contribution in [-0.2, 0) is 6.54 Å². The van der Waals surface area contributed by atoms with Crippen molar-refractivity contribution in [2.75, 3.05) is 41.7 Å². The third-order valence-electron chi connectivity index (χ3n) is 7.52. The number of hydrogen-bond donors (Lipinski definition) is 3. The summed E-state index contributed by atoms with van der Waals surface area (Å²) in [6.45, 7) is 4.46. The number of nitrogens with zero attached hydrogens (tertiary/aromatic N) is 2. The van der Waals surface area contributed by atoms with E-state index < -0.39 is 0 Å². The van der Waals surface area contributed by atoms with Gasteiger partial charge < -0.3 is 20.9 Å². The lowest BCUT2D eigenvalue weighted by Crippen LogP contribution is -2.46. The van der Waals surface area contributed by atoms with Gasteiger partial charge in [-0.25, -0.2) is 4.79 Å². The van der Waals surface area contributed by atoms with Crippen molar-refractivity contribution >= 4 is 44.9 Å². The van der Waals surface area contributed by atoms with E-state index in [4.69, 9.17) is 0 Å². The lowest BCUT2D eigenvalue weighted by molar-refractivity contribution is 0.0928. The first kappa shape index (κ1) is 27.2. The standard InChI is InChI=1S/C31H36BrN5O2/c32-27-13-7-8-14-28(27)35-31(39)34-25-15-16-29(26(21-25)30(38)33-24-11-5-2-6-12-24)37-19-17-36(18-20-37)22-23-9-3-1-4-10-23/h1,3-4,7-10,13-16,21,24H,2,5-6,11-12,17-20,22H2,(H,33,38)(H2,34,35,39). The summed E-state index contributed by atoms with van der Waals surface area (Å²) in [6.07, 6.45) is 5.57. The second-order valence-electron chi connectivity index (χ2n) is 10.3. The molecule has 0 bridgehead atoms. The summed E-state index contributed by atoms with van der Waals surface area (Å²) in [6, 6.07) is 23.5. The molecule has 1 aliphatic carbocycles. The number of anilines is 3. The van der Waals surface area contributed by atoms with Gasteiger partial charge in [-0.2, -0.15) is 0 Å². The Kier molecular flexibility index (Phi) is 9.16. The number of halogens is 1. The van der Waals surface area contributed by atoms with Gasteiger partial charge in [-0.1, -0.05) is 61.7 Å². The highest BCUT2D eigenvalue weighted by molar-refractivity contribution is 9.10. The minimum absolute atomic E-state index is 0.0709. The molecule has 0 atom stereocenters. The van der Waals surface area contributed by atoms with Crippen LogP contribution in [-0.4, -0.2) is 49.1 Å². The van der Waals surface area contributed by atoms with Gasteiger partial charge >= 0.3 is 6.03 Å². The van der Waals surface area contributed by atoms with Gasteiger partial charge in [-0.15, -0.1) is 0 Å². The molecule has 2 aliphatic rings. The van der Waals surface area contributed by atoms with Crippen LogP contribution in [0.25, 0.3) is 0 Å². The number of nitrogens with one attached hydrogen (secondary N) is 3. The maximum absolute atomic E-state index is 13.6. The van der Waals surface area contributed by atoms with Crippen LogP contribution in [0.5, 0.6) is 0 Å². The Morgan fingerprint density at radius 3 is 2.28 bits per heavy atom. The number of para-hydroxylation sites is 1. The number of benzene rings is 3. The molecule has 39 heavy (non-hydrogen) atoms. The summed E-state index contributed by atoms with van der Waals surface area (Å²) >= 11 is 3.46. The molecule has 1 heterocycles. The molecule has 1 saturated carbocycles. The van der Waals surface area contributed by atoms with Gasteiger partial charge in [0.15, 0.2) is 0 Å². The van der Waals surface area contributed by atoms with E-state index in [0.717, 1.165) is 68.6 Å². The van der Waals surface area contributed by atoms with Crippen LogP contribution >= 0.6 is 15.9 Å². The van der Waals surface area contributed by atoms with Crippen molar-refractivity contribution in [3.63, 3.8) is 0 Å². The molecular formula is C31H36BrN5O2. The summed E-state index contributed by atoms with van der Waals surface area (Å²) < 4.78 is 0.800. The number of rotatable bonds is 7. The van der Waals surface area contributed by atoms with Gasteiger partial charge in [0.2, 0.25) is 0 Å². The Morgan fingerprint density at radius 1 is 0.821 bits per heavy atom. The van der Waals surface area contributed by atoms with E-state index in [1.807, 2.05) is 48.5 Å². The summed E-state index contributed by atoms with van der Waals surface area (Å²) in [7, 11) is 0. The Morgan fingerprint density at radius 2 is 1.54 bits per heavy atom. The van der Waals surface area contributed by atoms with Crippen molar-refractivity contribution in [3.8, 4) is 0 Å². The van der Waals surface area contributed by atoms with E-state index in [2.05, 4.69) is 65.9 Å². The van der Waals surface area contributed by atoms with Crippen molar-refractivity contribution < 1.29 is 9.59 Å². The van der Waals surface area contributed by atoms with Gasteiger partial charge in [-0.05, 0) is 64.7 Å². The number of hydrogen-bond acceptors (Lipinski definition) is 4. The molecule has 1 saturated heterocycles. The third-order valence-corrected chi connectivity index (χ3v) is 8.21. The predicted molar refractivity (Wildman–Crippen MR) is 161 cm³/mol. The van der Waals surface area contributed by atoms with Crippen molar-refractivity contribution in [1.29, 1.82) is 0 Å². The second-order valence-corrected chi connectivity index (χ2v) is 11.2. The monoisotopic (exact) mass is 589 g/mol. The van der Waals surface area contributed by atoms with E-state index in [-0.39, 0.29) is 18.0 Å². The van der Waals surface area contributed by atoms with Crippen molar-refractivity contribution in [3.05, 3.63) is 88.4 Å². The zero-order valence-corrected chi connectivity index (χ0v) is 23.8. The minimum atomic E-state index is -0.359. The quantitative estimate of drug-likeness (QED) is 0.295. The smallest absolute Gasteiger partial charge is 0.323 e. The molecule has 3 amide bonds. The zero-order chi connectivity index (χ0) is 27.0. The number of piperazine rings is 1. The number of urea groups is 1. The van der Waals surface area contributed by atoms with Crippen molar-refractivity contribution in [2.45, 2.75) is 44.7 Å². The first-order chi connectivity index (χ1) is 19.0. The van der Waals surface area contributed by atoms with Crippen molar-refractivity contribution in [1.82, 2.24) is 10.2 Å². The normalized spacial score (nSPS) is 16.5. The van der Waals surface area contributed by atoms with E-state index >= 15 is 0 Å². The van der Waals surface area contributed by atoms with Gasteiger partial charge in [0.05, 0.1) is 11.3 Å². The van der Waals surface area contributed by atoms with Gasteiger partial charge in [-0.3, -0.25) is 9.69 Å². The average molecular weight is 591 g/mol. The third kappa shape index (κ3) is 7.40. The molecule has 0 radical (unpaired) electrons. The summed E-state index contributed by atoms with van der Waals surface area (Å²) in [5, 5.41) is 9.04. The highest BCUT2D eigenvalue weighted by Gasteiger charge is 2.24. The topological polar surface area (TPSA) is 76.7 Å². The molecule has 1 aliphatic heterocycles. The molecule has 204 valence electrons. The molecule has 7 nitrogen and oxygen atoms in total. The van der Waals surface area contributed by atoms with Crippen LogP contribution in [0.3, 0.4) is 0 Å². The summed E-state index contributed by atoms with van der Waals surface area (Å²) in [5.41, 5.74) is 4.10. The van der Waals surface area contributed by atoms with Crippen LogP contribution in [0.1, 0.15) is 48.0 Å². The Bertz CT molecular complexity index is 1270. The molecule has 8 heteroatoms. The molecule has 3 aromatic rings. The maximum Gasteiger partial charge on any atom is 0.323 e. The second kappa shape index (κ2) is 13.1. The number of carbonyl (C=O) groups excluding carboxylic acids is 2. The van der Waals surface area contributed by atoms with Crippen molar-refractivity contribution in [2.24, 2.45) is 0 Å². The maximum atomic E-state index is 13.6. The molecule has 2 fully saturated rings. The Hall–Kier alpha value is -3.36. The zero-order valence-electron chi connectivity index (χ0n) is 22.2. The Labute approximate surface area is 239 Å². The van der Waals surface area contributed by atoms with E-state index in [0.29, 0.717) is 16.9 Å². The van der Waals surface area contributed by atoms with Crippen LogP contribution in [0.15, 0.2) is 77.3 Å². The fraction of sp³-hybridized carbons (Fsp3) is 0.355. The molecule has 0 unspecified atom stereocenters. The van der Waals surface area contributed by atoms with Crippen LogP contribution in [0.4, 0.5) is 21.9 Å². The van der Waals surface area contributed by atoms with E-state index in [1.165, 1.54) is 12.0 Å².